The fourth-order valence-corrected chi connectivity index (χ4v) is 4.24. The van der Waals surface area contributed by atoms with Gasteiger partial charge in [-0.05, 0) is 29.7 Å². The highest BCUT2D eigenvalue weighted by atomic mass is 35.5. The van der Waals surface area contributed by atoms with Crippen LogP contribution in [-0.2, 0) is 17.8 Å². The summed E-state index contributed by atoms with van der Waals surface area (Å²) in [5.41, 5.74) is 2.09. The van der Waals surface area contributed by atoms with Gasteiger partial charge in [0.1, 0.15) is 11.0 Å². The number of carbonyl (C=O) groups excluding carboxylic acids is 1. The maximum Gasteiger partial charge on any atom is 0.230 e. The van der Waals surface area contributed by atoms with E-state index in [1.807, 2.05) is 36.2 Å². The Morgan fingerprint density at radius 1 is 1.06 bits per heavy atom. The van der Waals surface area contributed by atoms with Crippen LogP contribution in [0.5, 0.6) is 0 Å². The van der Waals surface area contributed by atoms with Gasteiger partial charge in [0, 0.05) is 36.2 Å². The van der Waals surface area contributed by atoms with Crippen molar-refractivity contribution in [1.29, 1.82) is 0 Å². The molecular weight excluding hydrogens is 475 g/mol. The molecule has 1 aromatic heterocycles. The zero-order chi connectivity index (χ0) is 22.2. The third kappa shape index (κ3) is 7.58. The molecule has 0 aliphatic rings. The molecule has 31 heavy (non-hydrogen) atoms. The lowest BCUT2D eigenvalue weighted by molar-refractivity contribution is -0.118. The summed E-state index contributed by atoms with van der Waals surface area (Å²) in [6.07, 6.45) is 0.620. The summed E-state index contributed by atoms with van der Waals surface area (Å²) < 4.78 is 0. The molecule has 162 valence electrons. The van der Waals surface area contributed by atoms with Gasteiger partial charge in [0.2, 0.25) is 5.91 Å². The Labute approximate surface area is 201 Å². The Bertz CT molecular complexity index is 1040. The molecule has 0 radical (unpaired) electrons. The van der Waals surface area contributed by atoms with Crippen LogP contribution in [-0.4, -0.2) is 35.2 Å². The van der Waals surface area contributed by atoms with E-state index in [1.165, 1.54) is 11.8 Å². The van der Waals surface area contributed by atoms with Gasteiger partial charge in [-0.25, -0.2) is 9.97 Å². The fraction of sp³-hybridized carbons (Fsp3) is 0.227. The lowest BCUT2D eigenvalue weighted by Crippen LogP contribution is -2.27. The largest absolute Gasteiger partial charge is 0.355 e. The van der Waals surface area contributed by atoms with E-state index in [-0.39, 0.29) is 11.7 Å². The van der Waals surface area contributed by atoms with Gasteiger partial charge < -0.3 is 10.2 Å². The average Bonchev–Trinajstić information content (AvgIpc) is 2.74. The van der Waals surface area contributed by atoms with Crippen molar-refractivity contribution >= 4 is 58.3 Å². The number of anilines is 1. The lowest BCUT2D eigenvalue weighted by Gasteiger charge is -2.19. The van der Waals surface area contributed by atoms with Crippen molar-refractivity contribution in [3.63, 3.8) is 0 Å². The van der Waals surface area contributed by atoms with Crippen LogP contribution in [0, 0.1) is 0 Å². The van der Waals surface area contributed by atoms with Crippen LogP contribution in [0.25, 0.3) is 0 Å². The van der Waals surface area contributed by atoms with Crippen molar-refractivity contribution in [3.05, 3.63) is 80.9 Å². The third-order valence-electron chi connectivity index (χ3n) is 4.38. The first kappa shape index (κ1) is 23.7. The first-order valence-electron chi connectivity index (χ1n) is 9.54. The molecule has 1 amide bonds. The van der Waals surface area contributed by atoms with Gasteiger partial charge >= 0.3 is 0 Å². The number of carbonyl (C=O) groups is 1. The second-order valence-electron chi connectivity index (χ2n) is 6.80. The number of hydrogen-bond acceptors (Lipinski definition) is 5. The van der Waals surface area contributed by atoms with Gasteiger partial charge in [0.05, 0.1) is 5.75 Å². The van der Waals surface area contributed by atoms with Crippen LogP contribution in [0.4, 0.5) is 5.82 Å². The number of aromatic nitrogens is 2. The second kappa shape index (κ2) is 11.6. The maximum atomic E-state index is 12.2. The van der Waals surface area contributed by atoms with Crippen molar-refractivity contribution in [2.45, 2.75) is 18.1 Å². The minimum absolute atomic E-state index is 0.113. The Hall–Kier alpha value is -1.99. The minimum Gasteiger partial charge on any atom is -0.355 e. The first-order chi connectivity index (χ1) is 14.9. The molecule has 0 fully saturated rings. The average molecular weight is 496 g/mol. The van der Waals surface area contributed by atoms with Gasteiger partial charge in [0.15, 0.2) is 5.16 Å². The molecule has 0 aliphatic heterocycles. The molecule has 5 nitrogen and oxygen atoms in total. The number of nitrogens with one attached hydrogen (secondary N) is 1. The van der Waals surface area contributed by atoms with E-state index in [0.717, 1.165) is 11.1 Å². The van der Waals surface area contributed by atoms with E-state index in [4.69, 9.17) is 34.8 Å². The number of thioether (sulfide) groups is 1. The molecule has 0 bridgehead atoms. The molecule has 0 saturated carbocycles. The SMILES string of the molecule is CN(Cc1ccccc1)c1cc(Cl)nc(SCC(=O)NCCc2ccc(Cl)cc2Cl)n1. The number of halogens is 3. The molecule has 9 heteroatoms. The highest BCUT2D eigenvalue weighted by molar-refractivity contribution is 7.99. The zero-order valence-electron chi connectivity index (χ0n) is 16.8. The van der Waals surface area contributed by atoms with Crippen molar-refractivity contribution in [1.82, 2.24) is 15.3 Å². The third-order valence-corrected chi connectivity index (χ3v) is 6.01. The van der Waals surface area contributed by atoms with Crippen LogP contribution in [0.1, 0.15) is 11.1 Å². The highest BCUT2D eigenvalue weighted by Crippen LogP contribution is 2.23. The summed E-state index contributed by atoms with van der Waals surface area (Å²) in [6, 6.07) is 17.1. The molecule has 1 N–H and O–H groups in total. The van der Waals surface area contributed by atoms with E-state index >= 15 is 0 Å². The van der Waals surface area contributed by atoms with Crippen molar-refractivity contribution in [2.75, 3.05) is 24.2 Å². The fourth-order valence-electron chi connectivity index (χ4n) is 2.83. The smallest absolute Gasteiger partial charge is 0.230 e. The second-order valence-corrected chi connectivity index (χ2v) is 8.97. The van der Waals surface area contributed by atoms with Crippen LogP contribution in [0.3, 0.4) is 0 Å². The van der Waals surface area contributed by atoms with E-state index in [9.17, 15) is 4.79 Å². The number of amides is 1. The van der Waals surface area contributed by atoms with Gasteiger partial charge in [-0.3, -0.25) is 4.79 Å². The van der Waals surface area contributed by atoms with Gasteiger partial charge in [-0.1, -0.05) is 83.0 Å². The molecular formula is C22H21Cl3N4OS. The number of nitrogens with zero attached hydrogens (tertiary/aromatic N) is 3. The maximum absolute atomic E-state index is 12.2. The first-order valence-corrected chi connectivity index (χ1v) is 11.7. The molecule has 0 atom stereocenters. The summed E-state index contributed by atoms with van der Waals surface area (Å²) in [5.74, 6) is 0.776. The number of hydrogen-bond donors (Lipinski definition) is 1. The minimum atomic E-state index is -0.113. The summed E-state index contributed by atoms with van der Waals surface area (Å²) >= 11 is 19.5. The molecule has 0 saturated heterocycles. The van der Waals surface area contributed by atoms with Gasteiger partial charge in [0.25, 0.3) is 0 Å². The van der Waals surface area contributed by atoms with Crippen LogP contribution in [0.15, 0.2) is 59.8 Å². The van der Waals surface area contributed by atoms with Crippen LogP contribution in [0.2, 0.25) is 15.2 Å². The summed E-state index contributed by atoms with van der Waals surface area (Å²) in [7, 11) is 1.94. The molecule has 0 aliphatic carbocycles. The predicted molar refractivity (Wildman–Crippen MR) is 129 cm³/mol. The van der Waals surface area contributed by atoms with E-state index in [0.29, 0.717) is 45.7 Å². The molecule has 0 unspecified atom stereocenters. The Kier molecular flexibility index (Phi) is 8.84. The molecule has 1 heterocycles. The Balaban J connectivity index is 1.50. The molecule has 3 rings (SSSR count). The summed E-state index contributed by atoms with van der Waals surface area (Å²) in [5, 5.41) is 4.85. The van der Waals surface area contributed by atoms with Crippen LogP contribution < -0.4 is 10.2 Å². The Morgan fingerprint density at radius 2 is 1.84 bits per heavy atom. The predicted octanol–water partition coefficient (Wildman–Crippen LogP) is 5.52. The van der Waals surface area contributed by atoms with Crippen molar-refractivity contribution in [2.24, 2.45) is 0 Å². The highest BCUT2D eigenvalue weighted by Gasteiger charge is 2.11. The van der Waals surface area contributed by atoms with E-state index in [2.05, 4.69) is 27.4 Å². The lowest BCUT2D eigenvalue weighted by atomic mass is 10.1. The summed E-state index contributed by atoms with van der Waals surface area (Å²) in [6.45, 7) is 1.16. The zero-order valence-corrected chi connectivity index (χ0v) is 19.9. The van der Waals surface area contributed by atoms with Crippen molar-refractivity contribution < 1.29 is 4.79 Å². The topological polar surface area (TPSA) is 58.1 Å². The molecule has 2 aromatic carbocycles. The quantitative estimate of drug-likeness (QED) is 0.240. The van der Waals surface area contributed by atoms with Crippen molar-refractivity contribution in [3.8, 4) is 0 Å². The molecule has 3 aromatic rings. The summed E-state index contributed by atoms with van der Waals surface area (Å²) in [4.78, 5) is 23.0. The molecule has 0 spiro atoms. The number of benzene rings is 2. The van der Waals surface area contributed by atoms with Gasteiger partial charge in [-0.2, -0.15) is 0 Å². The Morgan fingerprint density at radius 3 is 2.58 bits per heavy atom. The standard InChI is InChI=1S/C22H21Cl3N4OS/c1-29(13-15-5-3-2-4-6-15)20-12-19(25)27-22(28-20)31-14-21(30)26-10-9-16-7-8-17(23)11-18(16)24/h2-8,11-12H,9-10,13-14H2,1H3,(H,26,30). The van der Waals surface area contributed by atoms with E-state index in [1.54, 1.807) is 18.2 Å². The monoisotopic (exact) mass is 494 g/mol. The van der Waals surface area contributed by atoms with E-state index < -0.39 is 0 Å². The van der Waals surface area contributed by atoms with Gasteiger partial charge in [-0.15, -0.1) is 0 Å². The van der Waals surface area contributed by atoms with Crippen LogP contribution >= 0.6 is 46.6 Å². The normalized spacial score (nSPS) is 10.7. The number of rotatable bonds is 9.